The highest BCUT2D eigenvalue weighted by Gasteiger charge is 2.17. The van der Waals surface area contributed by atoms with Crippen LogP contribution in [0.3, 0.4) is 0 Å². The molecule has 0 amide bonds. The van der Waals surface area contributed by atoms with Crippen LogP contribution < -0.4 is 5.01 Å². The molecule has 0 aliphatic heterocycles. The number of rotatable bonds is 5. The lowest BCUT2D eigenvalue weighted by atomic mass is 10.2. The minimum absolute atomic E-state index is 0.0466. The van der Waals surface area contributed by atoms with Crippen molar-refractivity contribution in [2.45, 2.75) is 13.8 Å². The van der Waals surface area contributed by atoms with Gasteiger partial charge in [0.05, 0.1) is 10.4 Å². The number of fused-ring (bicyclic) bond motifs is 1. The zero-order chi connectivity index (χ0) is 14.0. The van der Waals surface area contributed by atoms with Crippen LogP contribution in [-0.4, -0.2) is 34.2 Å². The number of carbonyl (C=O) groups is 1. The summed E-state index contributed by atoms with van der Waals surface area (Å²) in [5.74, 6) is 0. The van der Waals surface area contributed by atoms with E-state index in [1.165, 1.54) is 16.9 Å². The Kier molecular flexibility index (Phi) is 3.46. The molecular formula is C12H14N4O3. The van der Waals surface area contributed by atoms with Gasteiger partial charge in [-0.3, -0.25) is 19.9 Å². The first-order chi connectivity index (χ1) is 9.12. The molecule has 0 saturated carbocycles. The molecule has 0 atom stereocenters. The van der Waals surface area contributed by atoms with Crippen LogP contribution in [0.5, 0.6) is 0 Å². The summed E-state index contributed by atoms with van der Waals surface area (Å²) in [6.45, 7) is 5.28. The fourth-order valence-electron chi connectivity index (χ4n) is 2.01. The number of non-ortho nitro benzene ring substituents is 1. The van der Waals surface area contributed by atoms with Crippen molar-refractivity contribution in [1.29, 1.82) is 0 Å². The summed E-state index contributed by atoms with van der Waals surface area (Å²) in [7, 11) is 0. The number of benzene rings is 1. The number of carbonyl (C=O) groups excluding carboxylic acids is 1. The van der Waals surface area contributed by atoms with Gasteiger partial charge in [-0.15, -0.1) is 0 Å². The largest absolute Gasteiger partial charge is 0.297 e. The summed E-state index contributed by atoms with van der Waals surface area (Å²) in [5, 5.41) is 17.5. The van der Waals surface area contributed by atoms with Gasteiger partial charge in [0, 0.05) is 30.6 Å². The molecule has 0 bridgehead atoms. The van der Waals surface area contributed by atoms with Gasteiger partial charge in [-0.2, -0.15) is 9.89 Å². The lowest BCUT2D eigenvalue weighted by Gasteiger charge is -2.21. The molecule has 100 valence electrons. The number of nitro benzene ring substituents is 1. The molecule has 0 aliphatic carbocycles. The van der Waals surface area contributed by atoms with Crippen LogP contribution >= 0.6 is 0 Å². The Morgan fingerprint density at radius 1 is 1.42 bits per heavy atom. The summed E-state index contributed by atoms with van der Waals surface area (Å²) in [4.78, 5) is 23.1. The molecule has 0 radical (unpaired) electrons. The quantitative estimate of drug-likeness (QED) is 0.465. The van der Waals surface area contributed by atoms with E-state index < -0.39 is 4.92 Å². The minimum Gasteiger partial charge on any atom is -0.297 e. The van der Waals surface area contributed by atoms with Crippen molar-refractivity contribution in [3.05, 3.63) is 34.0 Å². The van der Waals surface area contributed by atoms with Gasteiger partial charge < -0.3 is 0 Å². The van der Waals surface area contributed by atoms with E-state index in [1.807, 2.05) is 18.9 Å². The van der Waals surface area contributed by atoms with E-state index in [1.54, 1.807) is 6.07 Å². The first kappa shape index (κ1) is 13.0. The highest BCUT2D eigenvalue weighted by atomic mass is 16.6. The van der Waals surface area contributed by atoms with Crippen molar-refractivity contribution < 1.29 is 9.72 Å². The van der Waals surface area contributed by atoms with Gasteiger partial charge in [0.25, 0.3) is 5.69 Å². The standard InChI is InChI=1S/C12H14N4O3/c1-3-14(4-2)15-12(8-17)10-7-9(16(18)19)5-6-11(10)13-15/h5-8H,3-4H2,1-2H3. The van der Waals surface area contributed by atoms with Crippen LogP contribution in [0.15, 0.2) is 18.2 Å². The van der Waals surface area contributed by atoms with E-state index in [-0.39, 0.29) is 5.69 Å². The number of hydrogen-bond donors (Lipinski definition) is 0. The van der Waals surface area contributed by atoms with Crippen LogP contribution in [0, 0.1) is 10.1 Å². The Morgan fingerprint density at radius 2 is 2.11 bits per heavy atom. The van der Waals surface area contributed by atoms with Crippen LogP contribution in [-0.2, 0) is 0 Å². The van der Waals surface area contributed by atoms with Crippen LogP contribution in [0.1, 0.15) is 24.3 Å². The summed E-state index contributed by atoms with van der Waals surface area (Å²) >= 11 is 0. The average molecular weight is 262 g/mol. The zero-order valence-corrected chi connectivity index (χ0v) is 10.7. The second kappa shape index (κ2) is 5.05. The summed E-state index contributed by atoms with van der Waals surface area (Å²) in [6.07, 6.45) is 0.678. The molecule has 0 saturated heterocycles. The summed E-state index contributed by atoms with van der Waals surface area (Å²) < 4.78 is 0. The third-order valence-electron chi connectivity index (χ3n) is 2.99. The van der Waals surface area contributed by atoms with Gasteiger partial charge in [0.2, 0.25) is 0 Å². The first-order valence-corrected chi connectivity index (χ1v) is 6.00. The number of nitrogens with zero attached hydrogens (tertiary/aromatic N) is 4. The number of aromatic nitrogens is 2. The molecule has 1 aromatic heterocycles. The SMILES string of the molecule is CCN(CC)n1nc2ccc([N+](=O)[O-])cc2c1C=O. The highest BCUT2D eigenvalue weighted by Crippen LogP contribution is 2.23. The Bertz CT molecular complexity index is 631. The van der Waals surface area contributed by atoms with Gasteiger partial charge in [-0.05, 0) is 19.9 Å². The van der Waals surface area contributed by atoms with Crippen molar-refractivity contribution in [3.8, 4) is 0 Å². The zero-order valence-electron chi connectivity index (χ0n) is 10.7. The van der Waals surface area contributed by atoms with E-state index >= 15 is 0 Å². The normalized spacial score (nSPS) is 10.6. The predicted octanol–water partition coefficient (Wildman–Crippen LogP) is 1.73. The molecule has 1 aromatic carbocycles. The molecule has 7 nitrogen and oxygen atoms in total. The third-order valence-corrected chi connectivity index (χ3v) is 2.99. The molecule has 0 N–H and O–H groups in total. The Morgan fingerprint density at radius 3 is 2.63 bits per heavy atom. The fraction of sp³-hybridized carbons (Fsp3) is 0.333. The van der Waals surface area contributed by atoms with Crippen molar-refractivity contribution in [3.63, 3.8) is 0 Å². The van der Waals surface area contributed by atoms with Gasteiger partial charge in [-0.1, -0.05) is 0 Å². The lowest BCUT2D eigenvalue weighted by Crippen LogP contribution is -2.36. The topological polar surface area (TPSA) is 81.3 Å². The second-order valence-corrected chi connectivity index (χ2v) is 3.99. The maximum Gasteiger partial charge on any atom is 0.270 e. The molecular weight excluding hydrogens is 248 g/mol. The number of hydrogen-bond acceptors (Lipinski definition) is 5. The number of aldehydes is 1. The van der Waals surface area contributed by atoms with E-state index in [0.29, 0.717) is 36.0 Å². The van der Waals surface area contributed by atoms with E-state index in [2.05, 4.69) is 5.10 Å². The third kappa shape index (κ3) is 2.14. The van der Waals surface area contributed by atoms with Crippen LogP contribution in [0.4, 0.5) is 5.69 Å². The first-order valence-electron chi connectivity index (χ1n) is 6.00. The Hall–Kier alpha value is -2.44. The Labute approximate surface area is 109 Å². The molecule has 2 rings (SSSR count). The predicted molar refractivity (Wildman–Crippen MR) is 71.1 cm³/mol. The van der Waals surface area contributed by atoms with Crippen molar-refractivity contribution in [2.24, 2.45) is 0 Å². The van der Waals surface area contributed by atoms with Crippen LogP contribution in [0.2, 0.25) is 0 Å². The fourth-order valence-corrected chi connectivity index (χ4v) is 2.01. The average Bonchev–Trinajstić information content (AvgIpc) is 2.77. The molecule has 0 unspecified atom stereocenters. The second-order valence-electron chi connectivity index (χ2n) is 3.99. The summed E-state index contributed by atoms with van der Waals surface area (Å²) in [5.41, 5.74) is 0.858. The number of nitro groups is 1. The van der Waals surface area contributed by atoms with Gasteiger partial charge in [0.15, 0.2) is 6.29 Å². The molecule has 7 heteroatoms. The maximum atomic E-state index is 11.3. The van der Waals surface area contributed by atoms with Gasteiger partial charge >= 0.3 is 0 Å². The van der Waals surface area contributed by atoms with E-state index in [9.17, 15) is 14.9 Å². The maximum absolute atomic E-state index is 11.3. The van der Waals surface area contributed by atoms with Crippen molar-refractivity contribution in [1.82, 2.24) is 9.89 Å². The van der Waals surface area contributed by atoms with Gasteiger partial charge in [-0.25, -0.2) is 0 Å². The smallest absolute Gasteiger partial charge is 0.270 e. The monoisotopic (exact) mass is 262 g/mol. The van der Waals surface area contributed by atoms with E-state index in [4.69, 9.17) is 0 Å². The van der Waals surface area contributed by atoms with E-state index in [0.717, 1.165) is 0 Å². The van der Waals surface area contributed by atoms with Crippen LogP contribution in [0.25, 0.3) is 10.9 Å². The molecule has 2 aromatic rings. The Balaban J connectivity index is 2.67. The van der Waals surface area contributed by atoms with Crippen molar-refractivity contribution in [2.75, 3.05) is 18.1 Å². The van der Waals surface area contributed by atoms with Crippen molar-refractivity contribution >= 4 is 22.9 Å². The summed E-state index contributed by atoms with van der Waals surface area (Å²) in [6, 6.07) is 4.32. The highest BCUT2D eigenvalue weighted by molar-refractivity contribution is 5.96. The lowest BCUT2D eigenvalue weighted by molar-refractivity contribution is -0.384. The molecule has 0 fully saturated rings. The molecule has 19 heavy (non-hydrogen) atoms. The molecule has 0 aliphatic rings. The molecule has 1 heterocycles. The van der Waals surface area contributed by atoms with Gasteiger partial charge in [0.1, 0.15) is 5.69 Å². The minimum atomic E-state index is -0.483. The molecule has 0 spiro atoms.